The molecule has 1 aromatic heterocycles. The first-order valence-corrected chi connectivity index (χ1v) is 12.4. The van der Waals surface area contributed by atoms with Crippen molar-refractivity contribution in [2.75, 3.05) is 5.73 Å². The van der Waals surface area contributed by atoms with Crippen LogP contribution in [0.5, 0.6) is 0 Å². The van der Waals surface area contributed by atoms with Crippen LogP contribution in [-0.4, -0.2) is 29.3 Å². The van der Waals surface area contributed by atoms with E-state index in [2.05, 4.69) is 19.6 Å². The van der Waals surface area contributed by atoms with Gasteiger partial charge >= 0.3 is 0 Å². The topological polar surface area (TPSA) is 105 Å². The van der Waals surface area contributed by atoms with Crippen molar-refractivity contribution in [2.24, 2.45) is 0 Å². The van der Waals surface area contributed by atoms with E-state index < -0.39 is 0 Å². The van der Waals surface area contributed by atoms with Gasteiger partial charge in [-0.25, -0.2) is 15.0 Å². The number of nitrogen functional groups attached to an aromatic ring is 1. The normalized spacial score (nSPS) is 13.8. The Morgan fingerprint density at radius 2 is 1.76 bits per heavy atom. The van der Waals surface area contributed by atoms with Crippen molar-refractivity contribution in [1.29, 1.82) is 0 Å². The molecule has 170 valence electrons. The fraction of sp³-hybridized carbons (Fsp3) is 0.240. The van der Waals surface area contributed by atoms with Gasteiger partial charge in [0.2, 0.25) is 0 Å². The lowest BCUT2D eigenvalue weighted by molar-refractivity contribution is 0.571. The van der Waals surface area contributed by atoms with Crippen LogP contribution >= 0.6 is 11.8 Å². The molecule has 34 heavy (non-hydrogen) atoms. The number of hydrogen-bond acceptors (Lipinski definition) is 7. The number of nitrogens with zero attached hydrogens (tertiary/aromatic N) is 6. The molecule has 0 saturated heterocycles. The molecule has 0 unspecified atom stereocenters. The van der Waals surface area contributed by atoms with E-state index in [1.165, 1.54) is 4.68 Å². The van der Waals surface area contributed by atoms with Crippen LogP contribution in [0.25, 0.3) is 28.0 Å². The Balaban J connectivity index is 1.43. The highest BCUT2D eigenvalue weighted by Crippen LogP contribution is 2.31. The van der Waals surface area contributed by atoms with Crippen molar-refractivity contribution < 1.29 is 0 Å². The molecule has 2 N–H and O–H groups in total. The smallest absolute Gasteiger partial charge is 0.284 e. The van der Waals surface area contributed by atoms with E-state index in [4.69, 9.17) is 10.7 Å². The molecule has 3 aliphatic heterocycles. The van der Waals surface area contributed by atoms with Gasteiger partial charge in [-0.3, -0.25) is 4.79 Å². The van der Waals surface area contributed by atoms with Crippen molar-refractivity contribution >= 4 is 28.5 Å². The number of para-hydroxylation sites is 2. The second-order valence-corrected chi connectivity index (χ2v) is 9.33. The maximum atomic E-state index is 13.4. The number of anilines is 1. The molecular weight excluding hydrogens is 446 g/mol. The van der Waals surface area contributed by atoms with Gasteiger partial charge in [0, 0.05) is 17.6 Å². The van der Waals surface area contributed by atoms with Crippen molar-refractivity contribution in [1.82, 2.24) is 29.3 Å². The van der Waals surface area contributed by atoms with Crippen molar-refractivity contribution in [3.8, 4) is 17.1 Å². The van der Waals surface area contributed by atoms with Crippen molar-refractivity contribution in [3.63, 3.8) is 0 Å². The number of fused-ring (bicyclic) bond motifs is 4. The standard InChI is InChI=1S/C25H23N7OS/c26-22-17-11-6-7-12-18(17)27-20(28-22)15-34-25-29-23-21(19-13-5-2-8-14-31(19)25)24(33)32(30-23)16-9-3-1-4-10-16/h1,3-4,6-7,9-12H,2,5,8,13-15H2,(H2,26,27,28). The number of hydrogen-bond donors (Lipinski definition) is 1. The van der Waals surface area contributed by atoms with Crippen molar-refractivity contribution in [3.05, 3.63) is 76.5 Å². The molecule has 8 nitrogen and oxygen atoms in total. The highest BCUT2D eigenvalue weighted by Gasteiger charge is 2.27. The van der Waals surface area contributed by atoms with E-state index in [0.717, 1.165) is 59.7 Å². The molecule has 0 radical (unpaired) electrons. The van der Waals surface area contributed by atoms with Crippen LogP contribution in [-0.2, 0) is 18.7 Å². The second-order valence-electron chi connectivity index (χ2n) is 8.39. The van der Waals surface area contributed by atoms with Gasteiger partial charge in [-0.15, -0.1) is 5.10 Å². The summed E-state index contributed by atoms with van der Waals surface area (Å²) in [5, 5.41) is 6.29. The fourth-order valence-corrected chi connectivity index (χ4v) is 5.45. The van der Waals surface area contributed by atoms with Gasteiger partial charge in [0.1, 0.15) is 17.2 Å². The average molecular weight is 470 g/mol. The van der Waals surface area contributed by atoms with Crippen LogP contribution in [0.1, 0.15) is 30.8 Å². The lowest BCUT2D eigenvalue weighted by Crippen LogP contribution is -2.19. The molecule has 0 fully saturated rings. The Kier molecular flexibility index (Phi) is 5.26. The van der Waals surface area contributed by atoms with Crippen LogP contribution in [0.4, 0.5) is 5.82 Å². The third-order valence-corrected chi connectivity index (χ3v) is 7.15. The van der Waals surface area contributed by atoms with Crippen LogP contribution in [0, 0.1) is 0 Å². The summed E-state index contributed by atoms with van der Waals surface area (Å²) in [6, 6.07) is 17.2. The highest BCUT2D eigenvalue weighted by molar-refractivity contribution is 7.98. The van der Waals surface area contributed by atoms with Gasteiger partial charge in [-0.2, -0.15) is 4.68 Å². The summed E-state index contributed by atoms with van der Waals surface area (Å²) in [6.45, 7) is 0.831. The third-order valence-electron chi connectivity index (χ3n) is 6.18. The van der Waals surface area contributed by atoms with E-state index in [0.29, 0.717) is 28.8 Å². The maximum Gasteiger partial charge on any atom is 0.284 e. The molecule has 0 aliphatic carbocycles. The zero-order valence-corrected chi connectivity index (χ0v) is 19.3. The molecule has 0 amide bonds. The van der Waals surface area contributed by atoms with Crippen LogP contribution in [0.3, 0.4) is 0 Å². The molecule has 4 heterocycles. The van der Waals surface area contributed by atoms with E-state index >= 15 is 0 Å². The number of aromatic nitrogens is 6. The Morgan fingerprint density at radius 1 is 0.941 bits per heavy atom. The first-order valence-electron chi connectivity index (χ1n) is 11.4. The lowest BCUT2D eigenvalue weighted by atomic mass is 10.1. The fourth-order valence-electron chi connectivity index (χ4n) is 4.55. The van der Waals surface area contributed by atoms with Crippen molar-refractivity contribution in [2.45, 2.75) is 43.1 Å². The lowest BCUT2D eigenvalue weighted by Gasteiger charge is -2.17. The van der Waals surface area contributed by atoms with Gasteiger partial charge in [0.05, 0.1) is 17.0 Å². The Hall–Kier alpha value is -3.72. The number of benzene rings is 2. The summed E-state index contributed by atoms with van der Waals surface area (Å²) in [6.07, 6.45) is 4.06. The molecule has 0 atom stereocenters. The second kappa shape index (κ2) is 8.57. The molecule has 6 rings (SSSR count). The van der Waals surface area contributed by atoms with Crippen LogP contribution < -0.4 is 11.3 Å². The molecule has 3 aromatic rings. The average Bonchev–Trinajstić information content (AvgIpc) is 3.02. The molecule has 0 saturated carbocycles. The zero-order chi connectivity index (χ0) is 23.1. The van der Waals surface area contributed by atoms with Gasteiger partial charge in [0.15, 0.2) is 11.0 Å². The molecular formula is C25H23N7OS. The third kappa shape index (κ3) is 3.62. The Bertz CT molecular complexity index is 1530. The SMILES string of the molecule is Nc1nc(CSc2nc3nn(-c4ccccc4)c(=O)c-3c3n2CCCCC3)nc2ccccc12. The highest BCUT2D eigenvalue weighted by atomic mass is 32.2. The Morgan fingerprint density at radius 3 is 2.65 bits per heavy atom. The first-order chi connectivity index (χ1) is 16.7. The number of thioether (sulfide) groups is 1. The number of nitrogens with two attached hydrogens (primary N) is 1. The molecule has 2 aromatic carbocycles. The molecule has 0 spiro atoms. The summed E-state index contributed by atoms with van der Waals surface area (Å²) in [5.74, 6) is 2.15. The summed E-state index contributed by atoms with van der Waals surface area (Å²) >= 11 is 1.56. The Labute approximate surface area is 200 Å². The van der Waals surface area contributed by atoms with E-state index in [1.54, 1.807) is 11.8 Å². The minimum atomic E-state index is -0.110. The largest absolute Gasteiger partial charge is 0.383 e. The van der Waals surface area contributed by atoms with E-state index in [-0.39, 0.29) is 5.56 Å². The summed E-state index contributed by atoms with van der Waals surface area (Å²) in [4.78, 5) is 27.4. The quantitative estimate of drug-likeness (QED) is 0.312. The van der Waals surface area contributed by atoms with E-state index in [9.17, 15) is 4.79 Å². The zero-order valence-electron chi connectivity index (χ0n) is 18.5. The van der Waals surface area contributed by atoms with Gasteiger partial charge < -0.3 is 10.3 Å². The molecule has 9 heteroatoms. The monoisotopic (exact) mass is 469 g/mol. The molecule has 0 bridgehead atoms. The minimum Gasteiger partial charge on any atom is -0.383 e. The summed E-state index contributed by atoms with van der Waals surface area (Å²) in [7, 11) is 0. The van der Waals surface area contributed by atoms with Crippen LogP contribution in [0.2, 0.25) is 0 Å². The van der Waals surface area contributed by atoms with Gasteiger partial charge in [0.25, 0.3) is 5.56 Å². The predicted octanol–water partition coefficient (Wildman–Crippen LogP) is 4.08. The van der Waals surface area contributed by atoms with Crippen LogP contribution in [0.15, 0.2) is 64.5 Å². The predicted molar refractivity (Wildman–Crippen MR) is 133 cm³/mol. The van der Waals surface area contributed by atoms with E-state index in [1.807, 2.05) is 54.6 Å². The summed E-state index contributed by atoms with van der Waals surface area (Å²) < 4.78 is 3.66. The maximum absolute atomic E-state index is 13.4. The molecule has 3 aliphatic rings. The first kappa shape index (κ1) is 20.9. The number of rotatable bonds is 4. The van der Waals surface area contributed by atoms with Gasteiger partial charge in [-0.05, 0) is 43.5 Å². The summed E-state index contributed by atoms with van der Waals surface area (Å²) in [5.41, 5.74) is 9.29. The minimum absolute atomic E-state index is 0.110. The van der Waals surface area contributed by atoms with Gasteiger partial charge in [-0.1, -0.05) is 48.5 Å².